The normalized spacial score (nSPS) is 28.0. The first kappa shape index (κ1) is 12.8. The standard InChI is InChI=1S/C10H15N3.2ClH/c1-2-7-4-10-8(6-12-13-10)5-9(7)11-3-1;;/h6-7,9,11H,1-5H2,(H,12,13);2*1H/t7-,9?;;/m1../s1. The number of aromatic nitrogens is 2. The summed E-state index contributed by atoms with van der Waals surface area (Å²) in [5, 5.41) is 10.8. The quantitative estimate of drug-likeness (QED) is 0.736. The third-order valence-corrected chi connectivity index (χ3v) is 3.44. The highest BCUT2D eigenvalue weighted by atomic mass is 35.5. The smallest absolute Gasteiger partial charge is 0.0522 e. The van der Waals surface area contributed by atoms with E-state index in [1.54, 1.807) is 0 Å². The number of rotatable bonds is 0. The molecule has 1 aliphatic carbocycles. The maximum Gasteiger partial charge on any atom is 0.0522 e. The lowest BCUT2D eigenvalue weighted by Crippen LogP contribution is -2.45. The summed E-state index contributed by atoms with van der Waals surface area (Å²) in [6.07, 6.45) is 7.09. The second-order valence-corrected chi connectivity index (χ2v) is 4.24. The van der Waals surface area contributed by atoms with Crippen LogP contribution < -0.4 is 5.32 Å². The number of halogens is 2. The number of nitrogens with one attached hydrogen (secondary N) is 2. The van der Waals surface area contributed by atoms with Gasteiger partial charge in [-0.3, -0.25) is 5.10 Å². The van der Waals surface area contributed by atoms with Gasteiger partial charge in [-0.05, 0) is 43.7 Å². The fourth-order valence-corrected chi connectivity index (χ4v) is 2.69. The van der Waals surface area contributed by atoms with Gasteiger partial charge in [0.15, 0.2) is 0 Å². The molecule has 1 aromatic heterocycles. The summed E-state index contributed by atoms with van der Waals surface area (Å²) in [7, 11) is 0. The number of H-pyrrole nitrogens is 1. The predicted molar refractivity (Wildman–Crippen MR) is 65.0 cm³/mol. The van der Waals surface area contributed by atoms with Gasteiger partial charge in [-0.15, -0.1) is 24.8 Å². The van der Waals surface area contributed by atoms with Gasteiger partial charge in [0.05, 0.1) is 6.20 Å². The van der Waals surface area contributed by atoms with E-state index in [1.165, 1.54) is 43.5 Å². The van der Waals surface area contributed by atoms with Crippen LogP contribution in [-0.2, 0) is 12.8 Å². The molecule has 0 saturated carbocycles. The minimum absolute atomic E-state index is 0. The van der Waals surface area contributed by atoms with Gasteiger partial charge in [0.1, 0.15) is 0 Å². The van der Waals surface area contributed by atoms with Crippen LogP contribution in [0, 0.1) is 5.92 Å². The molecule has 0 amide bonds. The number of fused-ring (bicyclic) bond motifs is 2. The van der Waals surface area contributed by atoms with E-state index in [9.17, 15) is 0 Å². The largest absolute Gasteiger partial charge is 0.313 e. The molecule has 86 valence electrons. The topological polar surface area (TPSA) is 40.7 Å². The zero-order chi connectivity index (χ0) is 8.67. The van der Waals surface area contributed by atoms with Gasteiger partial charge in [0.25, 0.3) is 0 Å². The minimum atomic E-state index is 0. The van der Waals surface area contributed by atoms with Crippen molar-refractivity contribution >= 4 is 24.8 Å². The lowest BCUT2D eigenvalue weighted by atomic mass is 9.79. The van der Waals surface area contributed by atoms with Gasteiger partial charge in [-0.2, -0.15) is 5.10 Å². The molecule has 1 aliphatic heterocycles. The number of hydrogen-bond acceptors (Lipinski definition) is 2. The molecule has 0 radical (unpaired) electrons. The molecule has 1 aromatic rings. The van der Waals surface area contributed by atoms with Crippen molar-refractivity contribution in [3.05, 3.63) is 17.5 Å². The molecule has 2 aliphatic rings. The van der Waals surface area contributed by atoms with Crippen LogP contribution in [-0.4, -0.2) is 22.8 Å². The van der Waals surface area contributed by atoms with E-state index in [-0.39, 0.29) is 24.8 Å². The summed E-state index contributed by atoms with van der Waals surface area (Å²) >= 11 is 0. The Labute approximate surface area is 102 Å². The maximum absolute atomic E-state index is 4.11. The number of piperidine rings is 1. The van der Waals surface area contributed by atoms with E-state index in [0.29, 0.717) is 0 Å². The van der Waals surface area contributed by atoms with Gasteiger partial charge in [-0.25, -0.2) is 0 Å². The van der Waals surface area contributed by atoms with Crippen LogP contribution in [0.15, 0.2) is 6.20 Å². The Balaban J connectivity index is 0.000000562. The molecule has 0 aromatic carbocycles. The average molecular weight is 250 g/mol. The zero-order valence-electron chi connectivity index (χ0n) is 8.53. The fraction of sp³-hybridized carbons (Fsp3) is 0.700. The molecule has 5 heteroatoms. The lowest BCUT2D eigenvalue weighted by molar-refractivity contribution is 0.262. The van der Waals surface area contributed by atoms with Crippen LogP contribution in [0.4, 0.5) is 0 Å². The molecule has 2 atom stereocenters. The lowest BCUT2D eigenvalue weighted by Gasteiger charge is -2.35. The fourth-order valence-electron chi connectivity index (χ4n) is 2.69. The zero-order valence-corrected chi connectivity index (χ0v) is 10.2. The van der Waals surface area contributed by atoms with Crippen molar-refractivity contribution in [2.45, 2.75) is 31.7 Å². The van der Waals surface area contributed by atoms with E-state index < -0.39 is 0 Å². The molecule has 1 saturated heterocycles. The summed E-state index contributed by atoms with van der Waals surface area (Å²) in [5.41, 5.74) is 2.81. The molecule has 15 heavy (non-hydrogen) atoms. The highest BCUT2D eigenvalue weighted by Gasteiger charge is 2.30. The van der Waals surface area contributed by atoms with Crippen LogP contribution in [0.2, 0.25) is 0 Å². The predicted octanol–water partition coefficient (Wildman–Crippen LogP) is 1.72. The summed E-state index contributed by atoms with van der Waals surface area (Å²) in [5.74, 6) is 0.849. The van der Waals surface area contributed by atoms with Crippen molar-refractivity contribution < 1.29 is 0 Å². The molecule has 3 nitrogen and oxygen atoms in total. The maximum atomic E-state index is 4.11. The summed E-state index contributed by atoms with van der Waals surface area (Å²) in [6.45, 7) is 1.20. The first-order valence-corrected chi connectivity index (χ1v) is 5.18. The van der Waals surface area contributed by atoms with Crippen LogP contribution in [0.25, 0.3) is 0 Å². The van der Waals surface area contributed by atoms with Crippen molar-refractivity contribution in [3.8, 4) is 0 Å². The van der Waals surface area contributed by atoms with E-state index >= 15 is 0 Å². The SMILES string of the molecule is Cl.Cl.c1n[nH]c2c1CC1NCCC[C@@H]1C2. The van der Waals surface area contributed by atoms with Crippen molar-refractivity contribution in [2.75, 3.05) is 6.54 Å². The van der Waals surface area contributed by atoms with E-state index in [0.717, 1.165) is 12.0 Å². The highest BCUT2D eigenvalue weighted by molar-refractivity contribution is 5.85. The van der Waals surface area contributed by atoms with E-state index in [2.05, 4.69) is 15.5 Å². The van der Waals surface area contributed by atoms with Gasteiger partial charge in [-0.1, -0.05) is 0 Å². The second kappa shape index (κ2) is 5.19. The van der Waals surface area contributed by atoms with Crippen molar-refractivity contribution in [3.63, 3.8) is 0 Å². The Morgan fingerprint density at radius 3 is 3.00 bits per heavy atom. The van der Waals surface area contributed by atoms with Crippen molar-refractivity contribution in [1.82, 2.24) is 15.5 Å². The molecule has 0 spiro atoms. The van der Waals surface area contributed by atoms with Gasteiger partial charge in [0, 0.05) is 11.7 Å². The van der Waals surface area contributed by atoms with Crippen molar-refractivity contribution in [2.24, 2.45) is 5.92 Å². The van der Waals surface area contributed by atoms with Crippen LogP contribution in [0.1, 0.15) is 24.1 Å². The van der Waals surface area contributed by atoms with Crippen LogP contribution in [0.5, 0.6) is 0 Å². The molecule has 2 heterocycles. The first-order valence-electron chi connectivity index (χ1n) is 5.18. The second-order valence-electron chi connectivity index (χ2n) is 4.24. The molecule has 2 N–H and O–H groups in total. The summed E-state index contributed by atoms with van der Waals surface area (Å²) in [4.78, 5) is 0. The van der Waals surface area contributed by atoms with Crippen LogP contribution in [0.3, 0.4) is 0 Å². The number of hydrogen-bond donors (Lipinski definition) is 2. The summed E-state index contributed by atoms with van der Waals surface area (Å²) < 4.78 is 0. The van der Waals surface area contributed by atoms with Crippen LogP contribution >= 0.6 is 24.8 Å². The average Bonchev–Trinajstić information content (AvgIpc) is 2.61. The molecule has 0 bridgehead atoms. The Morgan fingerprint density at radius 1 is 1.27 bits per heavy atom. The highest BCUT2D eigenvalue weighted by Crippen LogP contribution is 2.29. The minimum Gasteiger partial charge on any atom is -0.313 e. The number of aromatic amines is 1. The molecule has 1 fully saturated rings. The Hall–Kier alpha value is -0.250. The third kappa shape index (κ3) is 2.30. The van der Waals surface area contributed by atoms with Crippen molar-refractivity contribution in [1.29, 1.82) is 0 Å². The molecule has 3 rings (SSSR count). The molecular weight excluding hydrogens is 233 g/mol. The summed E-state index contributed by atoms with van der Waals surface area (Å²) in [6, 6.07) is 0.721. The van der Waals surface area contributed by atoms with Gasteiger partial charge < -0.3 is 5.32 Å². The number of nitrogens with zero attached hydrogens (tertiary/aromatic N) is 1. The third-order valence-electron chi connectivity index (χ3n) is 3.44. The monoisotopic (exact) mass is 249 g/mol. The Bertz CT molecular complexity index is 285. The Morgan fingerprint density at radius 2 is 2.13 bits per heavy atom. The van der Waals surface area contributed by atoms with E-state index in [4.69, 9.17) is 0 Å². The first-order chi connectivity index (χ1) is 6.43. The van der Waals surface area contributed by atoms with Gasteiger partial charge >= 0.3 is 0 Å². The van der Waals surface area contributed by atoms with E-state index in [1.807, 2.05) is 6.20 Å². The Kier molecular flexibility index (Phi) is 4.44. The van der Waals surface area contributed by atoms with Gasteiger partial charge in [0.2, 0.25) is 0 Å². The molecule has 1 unspecified atom stereocenters. The molecular formula is C10H17Cl2N3.